The van der Waals surface area contributed by atoms with E-state index in [9.17, 15) is 4.79 Å². The van der Waals surface area contributed by atoms with Crippen LogP contribution in [0.15, 0.2) is 28.0 Å². The Bertz CT molecular complexity index is 323. The molecule has 1 rings (SSSR count). The lowest BCUT2D eigenvalue weighted by molar-refractivity contribution is 0.161. The molecule has 1 aromatic rings. The van der Waals surface area contributed by atoms with Gasteiger partial charge in [-0.15, -0.1) is 6.58 Å². The van der Waals surface area contributed by atoms with Crippen molar-refractivity contribution in [3.63, 3.8) is 0 Å². The third kappa shape index (κ3) is 1.48. The Morgan fingerprint density at radius 3 is 2.92 bits per heavy atom. The number of rotatable bonds is 3. The van der Waals surface area contributed by atoms with E-state index in [1.54, 1.807) is 6.92 Å². The van der Waals surface area contributed by atoms with Crippen LogP contribution in [0.1, 0.15) is 11.8 Å². The SMILES string of the molecule is C=CC(CO)n1oc(C)cc1=O. The van der Waals surface area contributed by atoms with Crippen LogP contribution in [0.25, 0.3) is 0 Å². The summed E-state index contributed by atoms with van der Waals surface area (Å²) in [5, 5.41) is 8.82. The normalized spacial score (nSPS) is 12.8. The van der Waals surface area contributed by atoms with E-state index in [0.717, 1.165) is 4.74 Å². The highest BCUT2D eigenvalue weighted by atomic mass is 16.5. The fourth-order valence-electron chi connectivity index (χ4n) is 0.940. The molecule has 4 nitrogen and oxygen atoms in total. The van der Waals surface area contributed by atoms with Gasteiger partial charge in [-0.1, -0.05) is 6.08 Å². The average molecular weight is 169 g/mol. The number of nitrogens with zero attached hydrogens (tertiary/aromatic N) is 1. The van der Waals surface area contributed by atoms with Gasteiger partial charge in [0.25, 0.3) is 5.56 Å². The molecule has 0 amide bonds. The van der Waals surface area contributed by atoms with Crippen LogP contribution in [-0.2, 0) is 0 Å². The minimum absolute atomic E-state index is 0.184. The van der Waals surface area contributed by atoms with Crippen LogP contribution in [0.4, 0.5) is 0 Å². The molecule has 66 valence electrons. The third-order valence-electron chi connectivity index (χ3n) is 1.55. The van der Waals surface area contributed by atoms with Crippen molar-refractivity contribution in [2.24, 2.45) is 0 Å². The Morgan fingerprint density at radius 2 is 2.58 bits per heavy atom. The maximum atomic E-state index is 11.1. The van der Waals surface area contributed by atoms with Gasteiger partial charge in [-0.3, -0.25) is 4.79 Å². The Balaban J connectivity index is 3.08. The minimum atomic E-state index is -0.466. The topological polar surface area (TPSA) is 55.4 Å². The third-order valence-corrected chi connectivity index (χ3v) is 1.55. The highest BCUT2D eigenvalue weighted by Crippen LogP contribution is 2.04. The molecule has 0 aliphatic rings. The number of aromatic nitrogens is 1. The predicted molar refractivity (Wildman–Crippen MR) is 44.0 cm³/mol. The highest BCUT2D eigenvalue weighted by Gasteiger charge is 2.10. The summed E-state index contributed by atoms with van der Waals surface area (Å²) in [5.74, 6) is 0.528. The minimum Gasteiger partial charge on any atom is -0.394 e. The summed E-state index contributed by atoms with van der Waals surface area (Å²) in [6.07, 6.45) is 1.46. The summed E-state index contributed by atoms with van der Waals surface area (Å²) in [6, 6.07) is 0.901. The highest BCUT2D eigenvalue weighted by molar-refractivity contribution is 4.94. The van der Waals surface area contributed by atoms with E-state index in [0.29, 0.717) is 5.76 Å². The summed E-state index contributed by atoms with van der Waals surface area (Å²) in [5.41, 5.74) is -0.258. The fourth-order valence-corrected chi connectivity index (χ4v) is 0.940. The van der Waals surface area contributed by atoms with Gasteiger partial charge >= 0.3 is 0 Å². The summed E-state index contributed by atoms with van der Waals surface area (Å²) >= 11 is 0. The van der Waals surface area contributed by atoms with Crippen molar-refractivity contribution in [2.45, 2.75) is 13.0 Å². The first kappa shape index (κ1) is 8.80. The second-order valence-corrected chi connectivity index (χ2v) is 2.50. The summed E-state index contributed by atoms with van der Waals surface area (Å²) in [7, 11) is 0. The summed E-state index contributed by atoms with van der Waals surface area (Å²) in [6.45, 7) is 4.97. The van der Waals surface area contributed by atoms with Crippen molar-refractivity contribution in [2.75, 3.05) is 6.61 Å². The van der Waals surface area contributed by atoms with Crippen molar-refractivity contribution >= 4 is 0 Å². The van der Waals surface area contributed by atoms with Gasteiger partial charge in [-0.05, 0) is 6.92 Å². The molecule has 1 atom stereocenters. The average Bonchev–Trinajstić information content (AvgIpc) is 2.34. The Kier molecular flexibility index (Phi) is 2.50. The summed E-state index contributed by atoms with van der Waals surface area (Å²) in [4.78, 5) is 11.1. The van der Waals surface area contributed by atoms with Crippen LogP contribution in [-0.4, -0.2) is 16.5 Å². The largest absolute Gasteiger partial charge is 0.394 e. The monoisotopic (exact) mass is 169 g/mol. The fraction of sp³-hybridized carbons (Fsp3) is 0.375. The molecule has 0 spiro atoms. The van der Waals surface area contributed by atoms with Crippen molar-refractivity contribution in [3.05, 3.63) is 34.8 Å². The van der Waals surface area contributed by atoms with E-state index in [4.69, 9.17) is 9.63 Å². The molecule has 1 unspecified atom stereocenters. The molecule has 0 aromatic carbocycles. The first-order valence-electron chi connectivity index (χ1n) is 3.62. The van der Waals surface area contributed by atoms with Crippen LogP contribution in [0.5, 0.6) is 0 Å². The number of aryl methyl sites for hydroxylation is 1. The maximum absolute atomic E-state index is 11.1. The molecule has 1 aromatic heterocycles. The van der Waals surface area contributed by atoms with E-state index < -0.39 is 6.04 Å². The second kappa shape index (κ2) is 3.40. The van der Waals surface area contributed by atoms with E-state index in [2.05, 4.69) is 6.58 Å². The number of aliphatic hydroxyl groups excluding tert-OH is 1. The van der Waals surface area contributed by atoms with Gasteiger partial charge in [-0.25, -0.2) is 0 Å². The molecule has 0 saturated heterocycles. The molecule has 12 heavy (non-hydrogen) atoms. The van der Waals surface area contributed by atoms with Gasteiger partial charge in [0, 0.05) is 6.07 Å². The molecule has 0 radical (unpaired) electrons. The summed E-state index contributed by atoms with van der Waals surface area (Å²) < 4.78 is 6.13. The molecule has 0 bridgehead atoms. The van der Waals surface area contributed by atoms with Gasteiger partial charge < -0.3 is 9.63 Å². The van der Waals surface area contributed by atoms with Crippen LogP contribution in [0.2, 0.25) is 0 Å². The molecule has 1 N–H and O–H groups in total. The van der Waals surface area contributed by atoms with Gasteiger partial charge in [0.15, 0.2) is 0 Å². The van der Waals surface area contributed by atoms with Gasteiger partial charge in [0.2, 0.25) is 0 Å². The zero-order valence-electron chi connectivity index (χ0n) is 6.86. The van der Waals surface area contributed by atoms with Crippen LogP contribution in [0.3, 0.4) is 0 Å². The van der Waals surface area contributed by atoms with Crippen LogP contribution >= 0.6 is 0 Å². The Morgan fingerprint density at radius 1 is 1.92 bits per heavy atom. The lowest BCUT2D eigenvalue weighted by Gasteiger charge is -2.06. The first-order chi connectivity index (χ1) is 5.69. The smallest absolute Gasteiger partial charge is 0.283 e. The molecule has 0 aliphatic carbocycles. The second-order valence-electron chi connectivity index (χ2n) is 2.50. The number of aliphatic hydroxyl groups is 1. The predicted octanol–water partition coefficient (Wildman–Crippen LogP) is 0.469. The van der Waals surface area contributed by atoms with E-state index in [-0.39, 0.29) is 12.2 Å². The Hall–Kier alpha value is -1.29. The quantitative estimate of drug-likeness (QED) is 0.669. The van der Waals surface area contributed by atoms with E-state index in [1.165, 1.54) is 12.1 Å². The lowest BCUT2D eigenvalue weighted by Crippen LogP contribution is -2.20. The van der Waals surface area contributed by atoms with Crippen molar-refractivity contribution < 1.29 is 9.63 Å². The molecular formula is C8H11NO3. The van der Waals surface area contributed by atoms with Crippen molar-refractivity contribution in [1.29, 1.82) is 0 Å². The van der Waals surface area contributed by atoms with Gasteiger partial charge in [-0.2, -0.15) is 4.74 Å². The van der Waals surface area contributed by atoms with Crippen molar-refractivity contribution in [3.8, 4) is 0 Å². The standard InChI is InChI=1S/C8H11NO3/c1-3-7(5-10)9-8(11)4-6(2)12-9/h3-4,7,10H,1,5H2,2H3. The maximum Gasteiger partial charge on any atom is 0.283 e. The number of hydrogen-bond donors (Lipinski definition) is 1. The molecule has 0 aliphatic heterocycles. The van der Waals surface area contributed by atoms with Crippen LogP contribution < -0.4 is 5.56 Å². The van der Waals surface area contributed by atoms with E-state index >= 15 is 0 Å². The van der Waals surface area contributed by atoms with E-state index in [1.807, 2.05) is 0 Å². The molecule has 1 heterocycles. The Labute approximate surface area is 69.7 Å². The number of hydrogen-bond acceptors (Lipinski definition) is 3. The van der Waals surface area contributed by atoms with Gasteiger partial charge in [0.05, 0.1) is 6.61 Å². The first-order valence-corrected chi connectivity index (χ1v) is 3.62. The van der Waals surface area contributed by atoms with Crippen LogP contribution in [0, 0.1) is 6.92 Å². The molecule has 4 heteroatoms. The zero-order chi connectivity index (χ0) is 9.14. The van der Waals surface area contributed by atoms with Gasteiger partial charge in [0.1, 0.15) is 11.8 Å². The lowest BCUT2D eigenvalue weighted by atomic mass is 10.3. The van der Waals surface area contributed by atoms with Crippen molar-refractivity contribution in [1.82, 2.24) is 4.74 Å². The molecule has 0 fully saturated rings. The molecule has 0 saturated carbocycles. The zero-order valence-corrected chi connectivity index (χ0v) is 6.86. The molecular weight excluding hydrogens is 158 g/mol.